The number of fused-ring (bicyclic) bond motifs is 4. The van der Waals surface area contributed by atoms with Crippen molar-refractivity contribution in [3.8, 4) is 28.4 Å². The second kappa shape index (κ2) is 4.15. The molecule has 0 saturated heterocycles. The van der Waals surface area contributed by atoms with Crippen molar-refractivity contribution >= 4 is 0 Å². The molecule has 0 saturated carbocycles. The Labute approximate surface area is 122 Å². The summed E-state index contributed by atoms with van der Waals surface area (Å²) in [4.78, 5) is 0. The summed E-state index contributed by atoms with van der Waals surface area (Å²) in [7, 11) is 0. The summed E-state index contributed by atoms with van der Waals surface area (Å²) in [5.74, 6) is 2.27. The zero-order valence-electron chi connectivity index (χ0n) is 11.4. The lowest BCUT2D eigenvalue weighted by molar-refractivity contribution is 0.0594. The van der Waals surface area contributed by atoms with Gasteiger partial charge in [-0.2, -0.15) is 0 Å². The van der Waals surface area contributed by atoms with Gasteiger partial charge < -0.3 is 18.9 Å². The second-order valence-corrected chi connectivity index (χ2v) is 5.38. The molecule has 0 N–H and O–H groups in total. The second-order valence-electron chi connectivity index (χ2n) is 5.38. The van der Waals surface area contributed by atoms with Gasteiger partial charge in [-0.15, -0.1) is 0 Å². The van der Waals surface area contributed by atoms with Gasteiger partial charge in [-0.25, -0.2) is 0 Å². The lowest BCUT2D eigenvalue weighted by Crippen LogP contribution is -2.17. The third-order valence-corrected chi connectivity index (χ3v) is 4.24. The van der Waals surface area contributed by atoms with Crippen LogP contribution in [0.3, 0.4) is 0 Å². The maximum Gasteiger partial charge on any atom is 0.204 e. The molecule has 4 nitrogen and oxygen atoms in total. The minimum absolute atomic E-state index is 0.0950. The van der Waals surface area contributed by atoms with Crippen LogP contribution >= 0.6 is 0 Å². The molecule has 3 aliphatic heterocycles. The Bertz CT molecular complexity index is 738. The van der Waals surface area contributed by atoms with Gasteiger partial charge in [-0.3, -0.25) is 0 Å². The van der Waals surface area contributed by atoms with E-state index in [4.69, 9.17) is 18.9 Å². The molecule has 4 heteroatoms. The van der Waals surface area contributed by atoms with E-state index in [-0.39, 0.29) is 6.10 Å². The number of hydrogen-bond donors (Lipinski definition) is 0. The molecule has 4 bridgehead atoms. The molecule has 0 amide bonds. The largest absolute Gasteiger partial charge is 0.487 e. The lowest BCUT2D eigenvalue weighted by atomic mass is 10.0. The maximum atomic E-state index is 6.07. The zero-order valence-corrected chi connectivity index (χ0v) is 11.4. The molecule has 2 aromatic carbocycles. The summed E-state index contributed by atoms with van der Waals surface area (Å²) in [6.07, 6.45) is -0.0950. The Morgan fingerprint density at radius 2 is 1.62 bits per heavy atom. The van der Waals surface area contributed by atoms with Crippen molar-refractivity contribution in [3.05, 3.63) is 41.5 Å². The van der Waals surface area contributed by atoms with Gasteiger partial charge in [0.15, 0.2) is 11.5 Å². The quantitative estimate of drug-likeness (QED) is 0.744. The van der Waals surface area contributed by atoms with Crippen molar-refractivity contribution < 1.29 is 18.9 Å². The fourth-order valence-electron chi connectivity index (χ4n) is 3.41. The van der Waals surface area contributed by atoms with Crippen LogP contribution < -0.4 is 14.2 Å². The van der Waals surface area contributed by atoms with E-state index in [1.807, 2.05) is 12.1 Å². The van der Waals surface area contributed by atoms with Gasteiger partial charge in [0, 0.05) is 5.56 Å². The van der Waals surface area contributed by atoms with E-state index in [1.54, 1.807) is 0 Å². The molecule has 0 aromatic heterocycles. The fourth-order valence-corrected chi connectivity index (χ4v) is 3.41. The van der Waals surface area contributed by atoms with Crippen molar-refractivity contribution in [3.63, 3.8) is 0 Å². The molecule has 0 spiro atoms. The van der Waals surface area contributed by atoms with Gasteiger partial charge in [0.2, 0.25) is 5.75 Å². The van der Waals surface area contributed by atoms with Crippen LogP contribution in [0.4, 0.5) is 0 Å². The standard InChI is InChI=1S/C17H14O4/c1-2-4-11-10(3-1)12-9-13-16-17(21-8-7-20-16)14(12)15(11)19-6-5-18-13/h1-4,9,15H,5-8H2. The first kappa shape index (κ1) is 11.5. The summed E-state index contributed by atoms with van der Waals surface area (Å²) in [5, 5.41) is 0. The van der Waals surface area contributed by atoms with Crippen molar-refractivity contribution in [1.29, 1.82) is 0 Å². The Kier molecular flexibility index (Phi) is 2.26. The van der Waals surface area contributed by atoms with E-state index in [2.05, 4.69) is 18.2 Å². The predicted molar refractivity (Wildman–Crippen MR) is 76.2 cm³/mol. The normalized spacial score (nSPS) is 21.0. The predicted octanol–water partition coefficient (Wildman–Crippen LogP) is 2.94. The van der Waals surface area contributed by atoms with Crippen LogP contribution in [0.5, 0.6) is 17.2 Å². The molecule has 0 fully saturated rings. The van der Waals surface area contributed by atoms with Crippen LogP contribution in [0.1, 0.15) is 17.2 Å². The van der Waals surface area contributed by atoms with Crippen LogP contribution in [-0.4, -0.2) is 26.4 Å². The van der Waals surface area contributed by atoms with Gasteiger partial charge >= 0.3 is 0 Å². The SMILES string of the molecule is c1ccc2c(c1)-c1cc3c4c(c1C2OCCO3)OCCO4. The van der Waals surface area contributed by atoms with Crippen molar-refractivity contribution in [2.75, 3.05) is 26.4 Å². The highest BCUT2D eigenvalue weighted by Gasteiger charge is 2.37. The van der Waals surface area contributed by atoms with Crippen LogP contribution in [-0.2, 0) is 4.74 Å². The molecule has 2 aromatic rings. The Balaban J connectivity index is 1.87. The third kappa shape index (κ3) is 1.48. The van der Waals surface area contributed by atoms with Gasteiger partial charge in [0.25, 0.3) is 0 Å². The average Bonchev–Trinajstić information content (AvgIpc) is 2.92. The van der Waals surface area contributed by atoms with E-state index in [0.29, 0.717) is 26.4 Å². The van der Waals surface area contributed by atoms with Crippen LogP contribution in [0, 0.1) is 0 Å². The van der Waals surface area contributed by atoms with Gasteiger partial charge in [0.05, 0.1) is 6.61 Å². The van der Waals surface area contributed by atoms with E-state index < -0.39 is 0 Å². The van der Waals surface area contributed by atoms with Gasteiger partial charge in [-0.1, -0.05) is 24.3 Å². The molecule has 1 atom stereocenters. The van der Waals surface area contributed by atoms with Gasteiger partial charge in [-0.05, 0) is 22.8 Å². The summed E-state index contributed by atoms with van der Waals surface area (Å²) in [6, 6.07) is 10.4. The number of rotatable bonds is 0. The highest BCUT2D eigenvalue weighted by atomic mass is 16.6. The van der Waals surface area contributed by atoms with Crippen molar-refractivity contribution in [1.82, 2.24) is 0 Å². The minimum Gasteiger partial charge on any atom is -0.487 e. The zero-order chi connectivity index (χ0) is 13.8. The molecular weight excluding hydrogens is 268 g/mol. The molecule has 106 valence electrons. The third-order valence-electron chi connectivity index (χ3n) is 4.24. The van der Waals surface area contributed by atoms with E-state index >= 15 is 0 Å². The number of benzene rings is 2. The van der Waals surface area contributed by atoms with Crippen LogP contribution in [0.2, 0.25) is 0 Å². The Morgan fingerprint density at radius 3 is 2.57 bits per heavy atom. The van der Waals surface area contributed by atoms with Crippen molar-refractivity contribution in [2.45, 2.75) is 6.10 Å². The molecule has 1 aliphatic carbocycles. The molecule has 6 rings (SSSR count). The Hall–Kier alpha value is -2.20. The van der Waals surface area contributed by atoms with Gasteiger partial charge in [0.1, 0.15) is 25.9 Å². The maximum absolute atomic E-state index is 6.07. The number of ether oxygens (including phenoxy) is 4. The van der Waals surface area contributed by atoms with Crippen LogP contribution in [0.15, 0.2) is 30.3 Å². The van der Waals surface area contributed by atoms with Crippen molar-refractivity contribution in [2.24, 2.45) is 0 Å². The van der Waals surface area contributed by atoms with E-state index in [9.17, 15) is 0 Å². The molecule has 0 radical (unpaired) electrons. The van der Waals surface area contributed by atoms with Crippen LogP contribution in [0.25, 0.3) is 11.1 Å². The minimum atomic E-state index is -0.0950. The Morgan fingerprint density at radius 1 is 0.810 bits per heavy atom. The molecular formula is C17H14O4. The molecule has 3 heterocycles. The lowest BCUT2D eigenvalue weighted by Gasteiger charge is -2.24. The summed E-state index contributed by atoms with van der Waals surface area (Å²) in [6.45, 7) is 2.19. The topological polar surface area (TPSA) is 36.9 Å². The average molecular weight is 282 g/mol. The highest BCUT2D eigenvalue weighted by Crippen LogP contribution is 2.56. The first-order chi connectivity index (χ1) is 10.4. The first-order valence-electron chi connectivity index (χ1n) is 7.23. The van der Waals surface area contributed by atoms with E-state index in [1.165, 1.54) is 11.1 Å². The monoisotopic (exact) mass is 282 g/mol. The fraction of sp³-hybridized carbons (Fsp3) is 0.294. The smallest absolute Gasteiger partial charge is 0.204 e. The van der Waals surface area contributed by atoms with E-state index in [0.717, 1.165) is 28.4 Å². The summed E-state index contributed by atoms with van der Waals surface area (Å²) >= 11 is 0. The highest BCUT2D eigenvalue weighted by molar-refractivity contribution is 5.84. The molecule has 1 unspecified atom stereocenters. The molecule has 21 heavy (non-hydrogen) atoms. The number of hydrogen-bond acceptors (Lipinski definition) is 4. The summed E-state index contributed by atoms with van der Waals surface area (Å²) < 4.78 is 23.6. The molecule has 4 aliphatic rings. The first-order valence-corrected chi connectivity index (χ1v) is 7.23. The summed E-state index contributed by atoms with van der Waals surface area (Å²) in [5.41, 5.74) is 4.61.